The molecule has 0 bridgehead atoms. The van der Waals surface area contributed by atoms with Crippen molar-refractivity contribution < 1.29 is 4.74 Å². The average molecular weight is 285 g/mol. The van der Waals surface area contributed by atoms with Crippen LogP contribution in [0.5, 0.6) is 5.75 Å². The van der Waals surface area contributed by atoms with Crippen LogP contribution >= 0.6 is 0 Å². The monoisotopic (exact) mass is 285 g/mol. The fourth-order valence-corrected chi connectivity index (χ4v) is 2.29. The van der Waals surface area contributed by atoms with E-state index in [-0.39, 0.29) is 0 Å². The Kier molecular flexibility index (Phi) is 4.17. The number of hydrogen-bond acceptors (Lipinski definition) is 2. The third kappa shape index (κ3) is 3.16. The molecule has 0 saturated heterocycles. The van der Waals surface area contributed by atoms with E-state index in [0.29, 0.717) is 12.2 Å². The first-order valence-corrected chi connectivity index (χ1v) is 7.13. The second-order valence-electron chi connectivity index (χ2n) is 4.96. The molecule has 0 unspecified atom stereocenters. The molecule has 0 aromatic heterocycles. The smallest absolute Gasteiger partial charge is 0.127 e. The Morgan fingerprint density at radius 2 is 1.45 bits per heavy atom. The Morgan fingerprint density at radius 3 is 2.18 bits per heavy atom. The zero-order valence-electron chi connectivity index (χ0n) is 12.1. The molecule has 0 spiro atoms. The van der Waals surface area contributed by atoms with Crippen LogP contribution in [0.2, 0.25) is 0 Å². The summed E-state index contributed by atoms with van der Waals surface area (Å²) in [7, 11) is 0. The van der Waals surface area contributed by atoms with Crippen molar-refractivity contribution in [1.29, 1.82) is 5.26 Å². The predicted molar refractivity (Wildman–Crippen MR) is 87.4 cm³/mol. The molecule has 0 N–H and O–H groups in total. The molecule has 0 atom stereocenters. The van der Waals surface area contributed by atoms with Gasteiger partial charge in [-0.15, -0.1) is 0 Å². The number of ether oxygens (including phenoxy) is 1. The Balaban J connectivity index is 1.79. The lowest BCUT2D eigenvalue weighted by Crippen LogP contribution is -1.97. The van der Waals surface area contributed by atoms with E-state index in [1.807, 2.05) is 60.7 Å². The van der Waals surface area contributed by atoms with E-state index in [0.717, 1.165) is 22.4 Å². The molecule has 0 radical (unpaired) electrons. The SMILES string of the molecule is N#Cc1ccc(COc2ccccc2-c2ccccc2)cc1. The van der Waals surface area contributed by atoms with Crippen molar-refractivity contribution in [2.45, 2.75) is 6.61 Å². The topological polar surface area (TPSA) is 33.0 Å². The largest absolute Gasteiger partial charge is 0.488 e. The summed E-state index contributed by atoms with van der Waals surface area (Å²) in [6.45, 7) is 0.482. The van der Waals surface area contributed by atoms with Crippen LogP contribution in [0.3, 0.4) is 0 Å². The zero-order valence-corrected chi connectivity index (χ0v) is 12.1. The first kappa shape index (κ1) is 13.9. The lowest BCUT2D eigenvalue weighted by Gasteiger charge is -2.11. The van der Waals surface area contributed by atoms with Crippen LogP contribution in [0.25, 0.3) is 11.1 Å². The predicted octanol–water partition coefficient (Wildman–Crippen LogP) is 4.80. The minimum Gasteiger partial charge on any atom is -0.488 e. The van der Waals surface area contributed by atoms with Gasteiger partial charge in [-0.1, -0.05) is 60.7 Å². The summed E-state index contributed by atoms with van der Waals surface area (Å²) in [6.07, 6.45) is 0. The first-order chi connectivity index (χ1) is 10.9. The number of rotatable bonds is 4. The van der Waals surface area contributed by atoms with Crippen molar-refractivity contribution in [3.63, 3.8) is 0 Å². The highest BCUT2D eigenvalue weighted by Crippen LogP contribution is 2.30. The Hall–Kier alpha value is -3.05. The van der Waals surface area contributed by atoms with E-state index in [4.69, 9.17) is 10.00 Å². The van der Waals surface area contributed by atoms with E-state index < -0.39 is 0 Å². The van der Waals surface area contributed by atoms with Crippen LogP contribution in [0.4, 0.5) is 0 Å². The van der Waals surface area contributed by atoms with Gasteiger partial charge in [0.25, 0.3) is 0 Å². The van der Waals surface area contributed by atoms with Crippen LogP contribution in [0, 0.1) is 11.3 Å². The number of para-hydroxylation sites is 1. The van der Waals surface area contributed by atoms with Gasteiger partial charge in [-0.25, -0.2) is 0 Å². The molecular formula is C20H15NO. The second kappa shape index (κ2) is 6.60. The van der Waals surface area contributed by atoms with Gasteiger partial charge in [0.15, 0.2) is 0 Å². The highest BCUT2D eigenvalue weighted by atomic mass is 16.5. The van der Waals surface area contributed by atoms with Gasteiger partial charge in [-0.05, 0) is 29.3 Å². The van der Waals surface area contributed by atoms with Gasteiger partial charge in [0.1, 0.15) is 12.4 Å². The fraction of sp³-hybridized carbons (Fsp3) is 0.0500. The minimum absolute atomic E-state index is 0.482. The van der Waals surface area contributed by atoms with Crippen LogP contribution in [0.1, 0.15) is 11.1 Å². The van der Waals surface area contributed by atoms with Gasteiger partial charge < -0.3 is 4.74 Å². The maximum absolute atomic E-state index is 8.82. The van der Waals surface area contributed by atoms with E-state index >= 15 is 0 Å². The summed E-state index contributed by atoms with van der Waals surface area (Å²) >= 11 is 0. The Bertz CT molecular complexity index is 786. The summed E-state index contributed by atoms with van der Waals surface area (Å²) in [5.74, 6) is 0.859. The summed E-state index contributed by atoms with van der Waals surface area (Å²) in [5.41, 5.74) is 3.92. The molecule has 3 aromatic rings. The quantitative estimate of drug-likeness (QED) is 0.689. The van der Waals surface area contributed by atoms with Crippen molar-refractivity contribution >= 4 is 0 Å². The van der Waals surface area contributed by atoms with Crippen molar-refractivity contribution in [2.75, 3.05) is 0 Å². The summed E-state index contributed by atoms with van der Waals surface area (Å²) in [6, 6.07) is 27.8. The number of hydrogen-bond donors (Lipinski definition) is 0. The molecule has 0 heterocycles. The highest BCUT2D eigenvalue weighted by Gasteiger charge is 2.05. The minimum atomic E-state index is 0.482. The molecule has 106 valence electrons. The zero-order chi connectivity index (χ0) is 15.2. The van der Waals surface area contributed by atoms with Crippen molar-refractivity contribution in [2.24, 2.45) is 0 Å². The van der Waals surface area contributed by atoms with Gasteiger partial charge in [-0.2, -0.15) is 5.26 Å². The third-order valence-corrected chi connectivity index (χ3v) is 3.45. The maximum Gasteiger partial charge on any atom is 0.127 e. The number of nitrogens with zero attached hydrogens (tertiary/aromatic N) is 1. The Labute approximate surface area is 130 Å². The van der Waals surface area contributed by atoms with Crippen LogP contribution in [-0.4, -0.2) is 0 Å². The van der Waals surface area contributed by atoms with Gasteiger partial charge in [0.2, 0.25) is 0 Å². The van der Waals surface area contributed by atoms with Crippen molar-refractivity contribution in [1.82, 2.24) is 0 Å². The first-order valence-electron chi connectivity index (χ1n) is 7.13. The van der Waals surface area contributed by atoms with E-state index in [1.54, 1.807) is 0 Å². The van der Waals surface area contributed by atoms with Gasteiger partial charge in [0, 0.05) is 5.56 Å². The molecule has 3 rings (SSSR count). The highest BCUT2D eigenvalue weighted by molar-refractivity contribution is 5.70. The van der Waals surface area contributed by atoms with Crippen molar-refractivity contribution in [3.05, 3.63) is 90.0 Å². The summed E-state index contributed by atoms with van der Waals surface area (Å²) < 4.78 is 5.97. The molecule has 22 heavy (non-hydrogen) atoms. The Morgan fingerprint density at radius 1 is 0.773 bits per heavy atom. The summed E-state index contributed by atoms with van der Waals surface area (Å²) in [4.78, 5) is 0. The number of nitriles is 1. The van der Waals surface area contributed by atoms with Crippen LogP contribution in [0.15, 0.2) is 78.9 Å². The third-order valence-electron chi connectivity index (χ3n) is 3.45. The van der Waals surface area contributed by atoms with E-state index in [2.05, 4.69) is 24.3 Å². The van der Waals surface area contributed by atoms with Gasteiger partial charge >= 0.3 is 0 Å². The van der Waals surface area contributed by atoms with Crippen LogP contribution in [-0.2, 0) is 6.61 Å². The summed E-state index contributed by atoms with van der Waals surface area (Å²) in [5, 5.41) is 8.82. The van der Waals surface area contributed by atoms with Gasteiger partial charge in [-0.3, -0.25) is 0 Å². The van der Waals surface area contributed by atoms with Crippen LogP contribution < -0.4 is 4.74 Å². The molecule has 2 nitrogen and oxygen atoms in total. The van der Waals surface area contributed by atoms with E-state index in [1.165, 1.54) is 0 Å². The maximum atomic E-state index is 8.82. The molecule has 3 aromatic carbocycles. The second-order valence-corrected chi connectivity index (χ2v) is 4.96. The molecule has 2 heteroatoms. The van der Waals surface area contributed by atoms with E-state index in [9.17, 15) is 0 Å². The van der Waals surface area contributed by atoms with Crippen molar-refractivity contribution in [3.8, 4) is 22.9 Å². The number of benzene rings is 3. The normalized spacial score (nSPS) is 9.95. The molecule has 0 amide bonds. The van der Waals surface area contributed by atoms with Gasteiger partial charge in [0.05, 0.1) is 11.6 Å². The standard InChI is InChI=1S/C20H15NO/c21-14-16-10-12-17(13-11-16)15-22-20-9-5-4-8-19(20)18-6-2-1-3-7-18/h1-13H,15H2. The molecular weight excluding hydrogens is 270 g/mol. The molecule has 0 aliphatic rings. The lowest BCUT2D eigenvalue weighted by atomic mass is 10.0. The average Bonchev–Trinajstić information content (AvgIpc) is 2.61. The fourth-order valence-electron chi connectivity index (χ4n) is 2.29. The molecule has 0 aliphatic heterocycles. The lowest BCUT2D eigenvalue weighted by molar-refractivity contribution is 0.307. The molecule has 0 aliphatic carbocycles. The molecule has 0 fully saturated rings. The molecule has 0 saturated carbocycles.